The van der Waals surface area contributed by atoms with E-state index in [0.717, 1.165) is 31.1 Å². The van der Waals surface area contributed by atoms with Crippen LogP contribution in [-0.4, -0.2) is 48.4 Å². The molecule has 1 heterocycles. The molecule has 114 valence electrons. The number of ether oxygens (including phenoxy) is 1. The normalized spacial score (nSPS) is 12.2. The van der Waals surface area contributed by atoms with Crippen molar-refractivity contribution >= 4 is 11.6 Å². The van der Waals surface area contributed by atoms with Crippen LogP contribution in [0.1, 0.15) is 32.5 Å². The van der Waals surface area contributed by atoms with Gasteiger partial charge in [0.2, 0.25) is 0 Å². The second-order valence-electron chi connectivity index (χ2n) is 4.95. The third-order valence-corrected chi connectivity index (χ3v) is 2.86. The molecule has 1 aromatic heterocycles. The Morgan fingerprint density at radius 2 is 2.20 bits per heavy atom. The van der Waals surface area contributed by atoms with Crippen LogP contribution in [0.25, 0.3) is 0 Å². The number of methoxy groups -OCH3 is 1. The first-order valence-corrected chi connectivity index (χ1v) is 7.06. The van der Waals surface area contributed by atoms with Gasteiger partial charge in [0.15, 0.2) is 5.82 Å². The molecule has 0 aliphatic rings. The highest BCUT2D eigenvalue weighted by Gasteiger charge is 2.09. The Hall–Kier alpha value is -1.40. The lowest BCUT2D eigenvalue weighted by molar-refractivity contribution is 0.178. The van der Waals surface area contributed by atoms with E-state index in [1.54, 1.807) is 14.0 Å². The van der Waals surface area contributed by atoms with Crippen molar-refractivity contribution < 1.29 is 9.84 Å². The van der Waals surface area contributed by atoms with Gasteiger partial charge >= 0.3 is 0 Å². The Bertz CT molecular complexity index is 399. The lowest BCUT2D eigenvalue weighted by atomic mass is 10.3. The molecular weight excluding hydrogens is 256 g/mol. The van der Waals surface area contributed by atoms with Gasteiger partial charge in [0.25, 0.3) is 0 Å². The Labute approximate surface area is 121 Å². The lowest BCUT2D eigenvalue weighted by Gasteiger charge is -2.20. The summed E-state index contributed by atoms with van der Waals surface area (Å²) in [7, 11) is 3.59. The molecule has 0 radical (unpaired) electrons. The topological polar surface area (TPSA) is 70.5 Å². The van der Waals surface area contributed by atoms with E-state index in [1.165, 1.54) is 0 Å². The maximum absolute atomic E-state index is 9.37. The Balaban J connectivity index is 2.83. The molecule has 1 aromatic rings. The van der Waals surface area contributed by atoms with Crippen LogP contribution in [0, 0.1) is 0 Å². The third-order valence-electron chi connectivity index (χ3n) is 2.86. The standard InChI is InChI=1S/C14H26N4O2/c1-5-7-15-12-9-14(17-13(16-12)10-20-4)18(3)8-6-11(2)19/h9,11,19H,5-8,10H2,1-4H3,(H,15,16,17). The van der Waals surface area contributed by atoms with Gasteiger partial charge in [0, 0.05) is 33.3 Å². The maximum atomic E-state index is 9.37. The van der Waals surface area contributed by atoms with Crippen LogP contribution in [0.5, 0.6) is 0 Å². The third kappa shape index (κ3) is 5.71. The van der Waals surface area contributed by atoms with Crippen LogP contribution in [0.3, 0.4) is 0 Å². The maximum Gasteiger partial charge on any atom is 0.158 e. The summed E-state index contributed by atoms with van der Waals surface area (Å²) in [6, 6.07) is 1.93. The van der Waals surface area contributed by atoms with E-state index in [4.69, 9.17) is 4.74 Å². The van der Waals surface area contributed by atoms with E-state index >= 15 is 0 Å². The average Bonchev–Trinajstić information content (AvgIpc) is 2.42. The molecule has 1 unspecified atom stereocenters. The SMILES string of the molecule is CCCNc1cc(N(C)CCC(C)O)nc(COC)n1. The zero-order valence-corrected chi connectivity index (χ0v) is 12.9. The molecule has 0 aliphatic carbocycles. The molecule has 0 amide bonds. The molecule has 1 atom stereocenters. The fourth-order valence-corrected chi connectivity index (χ4v) is 1.71. The molecule has 6 nitrogen and oxygen atoms in total. The second kappa shape index (κ2) is 8.71. The Morgan fingerprint density at radius 3 is 2.80 bits per heavy atom. The molecule has 0 fully saturated rings. The Kier molecular flexibility index (Phi) is 7.25. The lowest BCUT2D eigenvalue weighted by Crippen LogP contribution is -2.23. The van der Waals surface area contributed by atoms with Gasteiger partial charge < -0.3 is 20.1 Å². The van der Waals surface area contributed by atoms with Crippen molar-refractivity contribution in [2.24, 2.45) is 0 Å². The largest absolute Gasteiger partial charge is 0.393 e. The first-order valence-electron chi connectivity index (χ1n) is 7.06. The van der Waals surface area contributed by atoms with Crippen molar-refractivity contribution in [1.82, 2.24) is 9.97 Å². The zero-order chi connectivity index (χ0) is 15.0. The highest BCUT2D eigenvalue weighted by atomic mass is 16.5. The van der Waals surface area contributed by atoms with Crippen molar-refractivity contribution in [3.63, 3.8) is 0 Å². The summed E-state index contributed by atoms with van der Waals surface area (Å²) < 4.78 is 5.11. The van der Waals surface area contributed by atoms with Crippen LogP contribution in [0.15, 0.2) is 6.07 Å². The van der Waals surface area contributed by atoms with Gasteiger partial charge in [-0.2, -0.15) is 0 Å². The van der Waals surface area contributed by atoms with E-state index in [-0.39, 0.29) is 6.10 Å². The number of rotatable bonds is 9. The van der Waals surface area contributed by atoms with Gasteiger partial charge in [-0.15, -0.1) is 0 Å². The van der Waals surface area contributed by atoms with Crippen LogP contribution >= 0.6 is 0 Å². The summed E-state index contributed by atoms with van der Waals surface area (Å²) in [5.74, 6) is 2.31. The molecular formula is C14H26N4O2. The van der Waals surface area contributed by atoms with Gasteiger partial charge in [-0.25, -0.2) is 9.97 Å². The summed E-state index contributed by atoms with van der Waals surface area (Å²) in [6.07, 6.45) is 1.43. The number of nitrogens with zero attached hydrogens (tertiary/aromatic N) is 3. The molecule has 0 bridgehead atoms. The van der Waals surface area contributed by atoms with Crippen molar-refractivity contribution in [3.05, 3.63) is 11.9 Å². The number of aromatic nitrogens is 2. The first-order chi connectivity index (χ1) is 9.56. The molecule has 0 saturated carbocycles. The molecule has 20 heavy (non-hydrogen) atoms. The van der Waals surface area contributed by atoms with E-state index in [9.17, 15) is 5.11 Å². The highest BCUT2D eigenvalue weighted by Crippen LogP contribution is 2.16. The molecule has 0 aromatic carbocycles. The van der Waals surface area contributed by atoms with Gasteiger partial charge in [-0.3, -0.25) is 0 Å². The van der Waals surface area contributed by atoms with Gasteiger partial charge in [-0.1, -0.05) is 6.92 Å². The van der Waals surface area contributed by atoms with E-state index in [1.807, 2.05) is 18.0 Å². The summed E-state index contributed by atoms with van der Waals surface area (Å²) in [5, 5.41) is 12.6. The van der Waals surface area contributed by atoms with Gasteiger partial charge in [0.05, 0.1) is 6.10 Å². The number of aliphatic hydroxyl groups is 1. The minimum atomic E-state index is -0.310. The fraction of sp³-hybridized carbons (Fsp3) is 0.714. The number of nitrogens with one attached hydrogen (secondary N) is 1. The van der Waals surface area contributed by atoms with E-state index in [2.05, 4.69) is 22.2 Å². The minimum Gasteiger partial charge on any atom is -0.393 e. The number of hydrogen-bond donors (Lipinski definition) is 2. The van der Waals surface area contributed by atoms with E-state index in [0.29, 0.717) is 18.9 Å². The van der Waals surface area contributed by atoms with Crippen LogP contribution in [0.4, 0.5) is 11.6 Å². The smallest absolute Gasteiger partial charge is 0.158 e. The summed E-state index contributed by atoms with van der Waals surface area (Å²) in [6.45, 7) is 5.91. The molecule has 2 N–H and O–H groups in total. The first kappa shape index (κ1) is 16.7. The summed E-state index contributed by atoms with van der Waals surface area (Å²) in [4.78, 5) is 10.9. The predicted octanol–water partition coefficient (Wildman–Crippen LogP) is 1.65. The summed E-state index contributed by atoms with van der Waals surface area (Å²) in [5.41, 5.74) is 0. The fourth-order valence-electron chi connectivity index (χ4n) is 1.71. The monoisotopic (exact) mass is 282 g/mol. The number of aliphatic hydroxyl groups excluding tert-OH is 1. The predicted molar refractivity (Wildman–Crippen MR) is 81.1 cm³/mol. The van der Waals surface area contributed by atoms with Crippen molar-refractivity contribution in [2.45, 2.75) is 39.4 Å². The number of hydrogen-bond acceptors (Lipinski definition) is 6. The van der Waals surface area contributed by atoms with Crippen molar-refractivity contribution in [3.8, 4) is 0 Å². The quantitative estimate of drug-likeness (QED) is 0.717. The second-order valence-corrected chi connectivity index (χ2v) is 4.95. The highest BCUT2D eigenvalue weighted by molar-refractivity contribution is 5.49. The van der Waals surface area contributed by atoms with Crippen LogP contribution in [0.2, 0.25) is 0 Å². The summed E-state index contributed by atoms with van der Waals surface area (Å²) >= 11 is 0. The van der Waals surface area contributed by atoms with E-state index < -0.39 is 0 Å². The van der Waals surface area contributed by atoms with Crippen LogP contribution < -0.4 is 10.2 Å². The molecule has 6 heteroatoms. The number of anilines is 2. The van der Waals surface area contributed by atoms with Gasteiger partial charge in [0.1, 0.15) is 18.2 Å². The minimum absolute atomic E-state index is 0.310. The molecule has 0 aliphatic heterocycles. The average molecular weight is 282 g/mol. The Morgan fingerprint density at radius 1 is 1.45 bits per heavy atom. The molecule has 0 spiro atoms. The van der Waals surface area contributed by atoms with Crippen molar-refractivity contribution in [1.29, 1.82) is 0 Å². The van der Waals surface area contributed by atoms with Crippen molar-refractivity contribution in [2.75, 3.05) is 37.5 Å². The van der Waals surface area contributed by atoms with Crippen LogP contribution in [-0.2, 0) is 11.3 Å². The zero-order valence-electron chi connectivity index (χ0n) is 12.9. The molecule has 1 rings (SSSR count). The molecule has 0 saturated heterocycles. The van der Waals surface area contributed by atoms with Gasteiger partial charge in [-0.05, 0) is 19.8 Å².